The van der Waals surface area contributed by atoms with E-state index in [-0.39, 0.29) is 5.91 Å². The van der Waals surface area contributed by atoms with Gasteiger partial charge in [-0.1, -0.05) is 30.3 Å². The molecule has 1 aliphatic heterocycles. The molecule has 7 heteroatoms. The van der Waals surface area contributed by atoms with Crippen LogP contribution in [0.1, 0.15) is 31.4 Å². The van der Waals surface area contributed by atoms with Crippen molar-refractivity contribution in [2.24, 2.45) is 0 Å². The van der Waals surface area contributed by atoms with Crippen molar-refractivity contribution in [2.45, 2.75) is 20.3 Å². The number of amides is 1. The van der Waals surface area contributed by atoms with Crippen LogP contribution in [0.5, 0.6) is 17.2 Å². The smallest absolute Gasteiger partial charge is 0.258 e. The molecule has 0 bridgehead atoms. The lowest BCUT2D eigenvalue weighted by Crippen LogP contribution is -2.15. The summed E-state index contributed by atoms with van der Waals surface area (Å²) < 4.78 is 17.5. The zero-order valence-electron chi connectivity index (χ0n) is 22.0. The summed E-state index contributed by atoms with van der Waals surface area (Å²) in [5, 5.41) is 6.50. The van der Waals surface area contributed by atoms with Crippen molar-refractivity contribution < 1.29 is 19.0 Å². The second-order valence-corrected chi connectivity index (χ2v) is 8.94. The minimum atomic E-state index is -0.182. The van der Waals surface area contributed by atoms with Gasteiger partial charge in [0.25, 0.3) is 5.91 Å². The van der Waals surface area contributed by atoms with Gasteiger partial charge in [-0.15, -0.1) is 0 Å². The molecule has 0 unspecified atom stereocenters. The average Bonchev–Trinajstić information content (AvgIpc) is 3.21. The molecule has 7 nitrogen and oxygen atoms in total. The Balaban J connectivity index is 1.68. The maximum absolute atomic E-state index is 13.3. The van der Waals surface area contributed by atoms with E-state index in [0.717, 1.165) is 35.5 Å². The fraction of sp³-hybridized carbons (Fsp3) is 0.300. The van der Waals surface area contributed by atoms with E-state index in [1.54, 1.807) is 0 Å². The van der Waals surface area contributed by atoms with E-state index in [2.05, 4.69) is 29.6 Å². The predicted octanol–water partition coefficient (Wildman–Crippen LogP) is 5.75. The molecule has 0 saturated heterocycles. The number of carbonyl (C=O) groups excluding carboxylic acids is 1. The van der Waals surface area contributed by atoms with Crippen LogP contribution in [0.25, 0.3) is 11.3 Å². The lowest BCUT2D eigenvalue weighted by molar-refractivity contribution is -0.110. The van der Waals surface area contributed by atoms with Crippen molar-refractivity contribution >= 4 is 28.6 Å². The monoisotopic (exact) mass is 501 g/mol. The predicted molar refractivity (Wildman–Crippen MR) is 149 cm³/mol. The van der Waals surface area contributed by atoms with Crippen molar-refractivity contribution in [3.63, 3.8) is 0 Å². The molecular formula is C30H35N3O4. The lowest BCUT2D eigenvalue weighted by atomic mass is 9.99. The molecule has 0 fully saturated rings. The summed E-state index contributed by atoms with van der Waals surface area (Å²) in [5.74, 6) is 1.85. The van der Waals surface area contributed by atoms with Gasteiger partial charge in [0.15, 0.2) is 11.5 Å². The van der Waals surface area contributed by atoms with Crippen LogP contribution in [-0.4, -0.2) is 51.3 Å². The van der Waals surface area contributed by atoms with E-state index in [4.69, 9.17) is 14.2 Å². The molecule has 0 radical (unpaired) electrons. The summed E-state index contributed by atoms with van der Waals surface area (Å²) in [6.07, 6.45) is 0.959. The molecule has 0 spiro atoms. The number of nitrogens with zero attached hydrogens (tertiary/aromatic N) is 1. The summed E-state index contributed by atoms with van der Waals surface area (Å²) >= 11 is 0. The highest BCUT2D eigenvalue weighted by molar-refractivity contribution is 6.37. The fourth-order valence-corrected chi connectivity index (χ4v) is 4.20. The first-order valence-electron chi connectivity index (χ1n) is 12.7. The van der Waals surface area contributed by atoms with Gasteiger partial charge in [0, 0.05) is 23.9 Å². The molecule has 2 N–H and O–H groups in total. The first-order valence-corrected chi connectivity index (χ1v) is 12.7. The largest absolute Gasteiger partial charge is 0.494 e. The third-order valence-corrected chi connectivity index (χ3v) is 5.88. The molecule has 1 aliphatic rings. The number of hydrogen-bond acceptors (Lipinski definition) is 6. The fourth-order valence-electron chi connectivity index (χ4n) is 4.20. The summed E-state index contributed by atoms with van der Waals surface area (Å²) in [7, 11) is 4.11. The molecule has 37 heavy (non-hydrogen) atoms. The van der Waals surface area contributed by atoms with Gasteiger partial charge < -0.3 is 29.7 Å². The minimum Gasteiger partial charge on any atom is -0.494 e. The number of fused-ring (bicyclic) bond motifs is 1. The zero-order chi connectivity index (χ0) is 26.2. The van der Waals surface area contributed by atoms with Gasteiger partial charge in [-0.25, -0.2) is 0 Å². The second-order valence-electron chi connectivity index (χ2n) is 8.94. The molecule has 0 aromatic heterocycles. The quantitative estimate of drug-likeness (QED) is 0.243. The Kier molecular flexibility index (Phi) is 8.69. The number of benzene rings is 3. The highest BCUT2D eigenvalue weighted by Crippen LogP contribution is 2.43. The molecule has 1 heterocycles. The van der Waals surface area contributed by atoms with Crippen LogP contribution in [0.4, 0.5) is 11.4 Å². The number of ether oxygens (including phenoxy) is 3. The van der Waals surface area contributed by atoms with Crippen LogP contribution in [0.2, 0.25) is 0 Å². The summed E-state index contributed by atoms with van der Waals surface area (Å²) in [6.45, 7) is 6.48. The van der Waals surface area contributed by atoms with Crippen LogP contribution in [0.15, 0.2) is 66.7 Å². The molecule has 0 atom stereocenters. The van der Waals surface area contributed by atoms with E-state index in [9.17, 15) is 4.79 Å². The highest BCUT2D eigenvalue weighted by atomic mass is 16.5. The van der Waals surface area contributed by atoms with Gasteiger partial charge in [-0.3, -0.25) is 4.79 Å². The van der Waals surface area contributed by atoms with E-state index in [0.29, 0.717) is 48.3 Å². The second kappa shape index (κ2) is 12.3. The number of carbonyl (C=O) groups is 1. The first-order chi connectivity index (χ1) is 18.0. The lowest BCUT2D eigenvalue weighted by Gasteiger charge is -2.16. The van der Waals surface area contributed by atoms with Crippen LogP contribution >= 0.6 is 0 Å². The Bertz CT molecular complexity index is 1240. The Labute approximate surface area is 219 Å². The van der Waals surface area contributed by atoms with Gasteiger partial charge in [0.05, 0.1) is 36.8 Å². The molecule has 3 aromatic carbocycles. The van der Waals surface area contributed by atoms with Crippen molar-refractivity contribution in [1.29, 1.82) is 0 Å². The number of hydrogen-bond donors (Lipinski definition) is 2. The van der Waals surface area contributed by atoms with Gasteiger partial charge in [-0.05, 0) is 70.3 Å². The van der Waals surface area contributed by atoms with Crippen LogP contribution in [0, 0.1) is 0 Å². The summed E-state index contributed by atoms with van der Waals surface area (Å²) in [6, 6.07) is 21.4. The Hall–Kier alpha value is -3.97. The Morgan fingerprint density at radius 1 is 0.892 bits per heavy atom. The van der Waals surface area contributed by atoms with E-state index >= 15 is 0 Å². The molecular weight excluding hydrogens is 466 g/mol. The number of nitrogens with one attached hydrogen (secondary N) is 2. The van der Waals surface area contributed by atoms with Crippen LogP contribution in [-0.2, 0) is 4.79 Å². The maximum Gasteiger partial charge on any atom is 0.258 e. The molecule has 4 rings (SSSR count). The van der Waals surface area contributed by atoms with Crippen molar-refractivity contribution in [2.75, 3.05) is 51.1 Å². The standard InChI is InChI=1S/C30H35N3O4/c1-5-35-26-19-24-25(20-27(26)36-6-2)32-30(34)28(24)29(21-11-8-7-9-12-21)31-22-13-15-23(16-14-22)37-18-10-17-33(3)4/h7-9,11-16,19-20,31H,5-6,10,17-18H2,1-4H3,(H,32,34)/b29-28-. The van der Waals surface area contributed by atoms with Crippen molar-refractivity contribution in [3.8, 4) is 17.2 Å². The highest BCUT2D eigenvalue weighted by Gasteiger charge is 2.30. The van der Waals surface area contributed by atoms with Crippen molar-refractivity contribution in [3.05, 3.63) is 77.9 Å². The zero-order valence-corrected chi connectivity index (χ0v) is 22.0. The van der Waals surface area contributed by atoms with Gasteiger partial charge >= 0.3 is 0 Å². The SMILES string of the molecule is CCOc1cc2c(cc1OCC)/C(=C(/Nc1ccc(OCCCN(C)C)cc1)c1ccccc1)C(=O)N2. The van der Waals surface area contributed by atoms with Gasteiger partial charge in [0.2, 0.25) is 0 Å². The minimum absolute atomic E-state index is 0.182. The molecule has 194 valence electrons. The van der Waals surface area contributed by atoms with Crippen LogP contribution in [0.3, 0.4) is 0 Å². The topological polar surface area (TPSA) is 72.1 Å². The van der Waals surface area contributed by atoms with E-state index in [1.165, 1.54) is 0 Å². The van der Waals surface area contributed by atoms with Gasteiger partial charge in [0.1, 0.15) is 5.75 Å². The van der Waals surface area contributed by atoms with Crippen molar-refractivity contribution in [1.82, 2.24) is 4.90 Å². The van der Waals surface area contributed by atoms with Crippen LogP contribution < -0.4 is 24.8 Å². The molecule has 1 amide bonds. The normalized spacial score (nSPS) is 13.7. The third kappa shape index (κ3) is 6.43. The average molecular weight is 502 g/mol. The molecule has 0 saturated carbocycles. The van der Waals surface area contributed by atoms with Gasteiger partial charge in [-0.2, -0.15) is 0 Å². The Morgan fingerprint density at radius 3 is 2.22 bits per heavy atom. The third-order valence-electron chi connectivity index (χ3n) is 5.88. The molecule has 3 aromatic rings. The number of rotatable bonds is 12. The summed E-state index contributed by atoms with van der Waals surface area (Å²) in [4.78, 5) is 15.4. The first kappa shape index (κ1) is 26.1. The Morgan fingerprint density at radius 2 is 1.57 bits per heavy atom. The molecule has 0 aliphatic carbocycles. The summed E-state index contributed by atoms with van der Waals surface area (Å²) in [5.41, 5.74) is 4.48. The number of anilines is 2. The van der Waals surface area contributed by atoms with E-state index in [1.807, 2.05) is 80.6 Å². The van der Waals surface area contributed by atoms with E-state index < -0.39 is 0 Å². The maximum atomic E-state index is 13.3.